The lowest BCUT2D eigenvalue weighted by atomic mass is 10.0. The zero-order valence-electron chi connectivity index (χ0n) is 11.3. The van der Waals surface area contributed by atoms with Gasteiger partial charge < -0.3 is 19.1 Å². The van der Waals surface area contributed by atoms with Crippen molar-refractivity contribution in [3.8, 4) is 0 Å². The Kier molecular flexibility index (Phi) is 4.81. The first kappa shape index (κ1) is 14.9. The molecule has 1 unspecified atom stereocenters. The van der Waals surface area contributed by atoms with Crippen molar-refractivity contribution in [3.63, 3.8) is 0 Å². The summed E-state index contributed by atoms with van der Waals surface area (Å²) >= 11 is 0. The highest BCUT2D eigenvalue weighted by molar-refractivity contribution is 5.82. The Morgan fingerprint density at radius 3 is 2.43 bits per heavy atom. The van der Waals surface area contributed by atoms with E-state index >= 15 is 0 Å². The van der Waals surface area contributed by atoms with Gasteiger partial charge in [-0.05, 0) is 12.0 Å². The molecule has 0 radical (unpaired) electrons. The Morgan fingerprint density at radius 2 is 1.86 bits per heavy atom. The Bertz CT molecular complexity index is 530. The zero-order chi connectivity index (χ0) is 15.2. The van der Waals surface area contributed by atoms with E-state index in [4.69, 9.17) is 4.74 Å². The fourth-order valence-corrected chi connectivity index (χ4v) is 2.43. The van der Waals surface area contributed by atoms with Gasteiger partial charge in [-0.2, -0.15) is 0 Å². The van der Waals surface area contributed by atoms with Gasteiger partial charge in [-0.3, -0.25) is 4.90 Å². The van der Waals surface area contributed by atoms with Crippen LogP contribution in [0.1, 0.15) is 12.0 Å². The molecule has 2 rings (SSSR count). The van der Waals surface area contributed by atoms with Gasteiger partial charge in [0, 0.05) is 5.92 Å². The second kappa shape index (κ2) is 6.78. The average molecular weight is 289 g/mol. The largest absolute Gasteiger partial charge is 0.445 e. The number of hydrogen-bond donors (Lipinski definition) is 0. The molecule has 1 saturated heterocycles. The second-order valence-electron chi connectivity index (χ2n) is 4.81. The molecule has 1 heterocycles. The highest BCUT2D eigenvalue weighted by Crippen LogP contribution is 2.27. The molecule has 0 aliphatic carbocycles. The molecular formula is C15H15NO5. The molecular weight excluding hydrogens is 274 g/mol. The summed E-state index contributed by atoms with van der Waals surface area (Å²) in [6.07, 6.45) is 1.05. The summed E-state index contributed by atoms with van der Waals surface area (Å²) in [5.41, 5.74) is 0.794. The minimum absolute atomic E-state index is 0.0408. The van der Waals surface area contributed by atoms with E-state index in [2.05, 4.69) is 0 Å². The molecule has 6 heteroatoms. The lowest BCUT2D eigenvalue weighted by Crippen LogP contribution is -2.44. The standard InChI is InChI=1S/C15H15NO5/c17-7-12-6-13(8-18)16(14(12)9-19)15(20)21-10-11-4-2-1-3-5-11/h1-5,7-9,12-14H,6,10H2/t12-,13?,14-/m1/s1. The van der Waals surface area contributed by atoms with Crippen LogP contribution < -0.4 is 0 Å². The molecule has 110 valence electrons. The predicted molar refractivity (Wildman–Crippen MR) is 72.3 cm³/mol. The molecule has 1 aliphatic heterocycles. The topological polar surface area (TPSA) is 80.8 Å². The minimum Gasteiger partial charge on any atom is -0.445 e. The Balaban J connectivity index is 2.06. The van der Waals surface area contributed by atoms with E-state index in [9.17, 15) is 19.2 Å². The van der Waals surface area contributed by atoms with Gasteiger partial charge in [0.05, 0.1) is 6.04 Å². The first-order chi connectivity index (χ1) is 10.2. The van der Waals surface area contributed by atoms with Crippen molar-refractivity contribution in [1.29, 1.82) is 0 Å². The third-order valence-electron chi connectivity index (χ3n) is 3.52. The molecule has 0 N–H and O–H groups in total. The van der Waals surface area contributed by atoms with E-state index in [-0.39, 0.29) is 13.0 Å². The quantitative estimate of drug-likeness (QED) is 0.755. The van der Waals surface area contributed by atoms with Crippen molar-refractivity contribution in [3.05, 3.63) is 35.9 Å². The lowest BCUT2D eigenvalue weighted by molar-refractivity contribution is -0.118. The van der Waals surface area contributed by atoms with Crippen LogP contribution in [0.3, 0.4) is 0 Å². The summed E-state index contributed by atoms with van der Waals surface area (Å²) in [7, 11) is 0. The summed E-state index contributed by atoms with van der Waals surface area (Å²) in [5, 5.41) is 0. The molecule has 1 fully saturated rings. The first-order valence-electron chi connectivity index (χ1n) is 6.56. The monoisotopic (exact) mass is 289 g/mol. The smallest absolute Gasteiger partial charge is 0.411 e. The molecule has 1 aromatic rings. The molecule has 0 aromatic heterocycles. The van der Waals surface area contributed by atoms with Crippen LogP contribution in [-0.4, -0.2) is 41.9 Å². The maximum absolute atomic E-state index is 12.1. The van der Waals surface area contributed by atoms with Crippen molar-refractivity contribution < 1.29 is 23.9 Å². The van der Waals surface area contributed by atoms with E-state index in [0.29, 0.717) is 18.9 Å². The van der Waals surface area contributed by atoms with Crippen molar-refractivity contribution in [2.45, 2.75) is 25.1 Å². The van der Waals surface area contributed by atoms with Crippen LogP contribution in [-0.2, 0) is 25.7 Å². The first-order valence-corrected chi connectivity index (χ1v) is 6.56. The molecule has 6 nitrogen and oxygen atoms in total. The predicted octanol–water partition coefficient (Wildman–Crippen LogP) is 0.979. The van der Waals surface area contributed by atoms with Gasteiger partial charge in [-0.15, -0.1) is 0 Å². The number of amides is 1. The zero-order valence-corrected chi connectivity index (χ0v) is 11.3. The number of hydrogen-bond acceptors (Lipinski definition) is 5. The van der Waals surface area contributed by atoms with Crippen molar-refractivity contribution in [2.24, 2.45) is 5.92 Å². The number of ether oxygens (including phenoxy) is 1. The molecule has 1 aliphatic rings. The number of aldehydes is 3. The number of rotatable bonds is 5. The Labute approximate surface area is 121 Å². The molecule has 1 amide bonds. The number of likely N-dealkylation sites (tertiary alicyclic amines) is 1. The normalized spacial score (nSPS) is 24.4. The highest BCUT2D eigenvalue weighted by Gasteiger charge is 2.44. The van der Waals surface area contributed by atoms with Crippen LogP contribution in [0.5, 0.6) is 0 Å². The average Bonchev–Trinajstić information content (AvgIpc) is 2.91. The van der Waals surface area contributed by atoms with Gasteiger partial charge >= 0.3 is 6.09 Å². The molecule has 3 atom stereocenters. The van der Waals surface area contributed by atoms with E-state index in [0.717, 1.165) is 10.5 Å². The summed E-state index contributed by atoms with van der Waals surface area (Å²) in [6, 6.07) is 7.29. The minimum atomic E-state index is -0.944. The summed E-state index contributed by atoms with van der Waals surface area (Å²) in [5.74, 6) is -0.665. The van der Waals surface area contributed by atoms with Gasteiger partial charge in [-0.1, -0.05) is 30.3 Å². The molecule has 0 spiro atoms. The number of benzene rings is 1. The summed E-state index contributed by atoms with van der Waals surface area (Å²) in [6.45, 7) is 0.0408. The van der Waals surface area contributed by atoms with Crippen molar-refractivity contribution in [2.75, 3.05) is 0 Å². The van der Waals surface area contributed by atoms with E-state index in [1.54, 1.807) is 12.1 Å². The van der Waals surface area contributed by atoms with Gasteiger partial charge in [0.2, 0.25) is 0 Å². The van der Waals surface area contributed by atoms with E-state index < -0.39 is 24.1 Å². The maximum atomic E-state index is 12.1. The Morgan fingerprint density at radius 1 is 1.14 bits per heavy atom. The molecule has 0 bridgehead atoms. The van der Waals surface area contributed by atoms with Gasteiger partial charge in [0.15, 0.2) is 0 Å². The van der Waals surface area contributed by atoms with Crippen LogP contribution in [0.15, 0.2) is 30.3 Å². The fraction of sp³-hybridized carbons (Fsp3) is 0.333. The summed E-state index contributed by atoms with van der Waals surface area (Å²) < 4.78 is 5.12. The summed E-state index contributed by atoms with van der Waals surface area (Å²) in [4.78, 5) is 46.2. The van der Waals surface area contributed by atoms with Crippen LogP contribution in [0.2, 0.25) is 0 Å². The highest BCUT2D eigenvalue weighted by atomic mass is 16.6. The van der Waals surface area contributed by atoms with E-state index in [1.165, 1.54) is 0 Å². The van der Waals surface area contributed by atoms with Crippen LogP contribution in [0.25, 0.3) is 0 Å². The Hall–Kier alpha value is -2.50. The van der Waals surface area contributed by atoms with Crippen molar-refractivity contribution in [1.82, 2.24) is 4.90 Å². The van der Waals surface area contributed by atoms with E-state index in [1.807, 2.05) is 18.2 Å². The number of carbonyl (C=O) groups excluding carboxylic acids is 4. The fourth-order valence-electron chi connectivity index (χ4n) is 2.43. The second-order valence-corrected chi connectivity index (χ2v) is 4.81. The number of carbonyl (C=O) groups is 4. The van der Waals surface area contributed by atoms with Gasteiger partial charge in [0.1, 0.15) is 31.5 Å². The third kappa shape index (κ3) is 3.16. The molecule has 1 aromatic carbocycles. The van der Waals surface area contributed by atoms with Crippen molar-refractivity contribution >= 4 is 25.0 Å². The molecule has 0 saturated carbocycles. The maximum Gasteiger partial charge on any atom is 0.411 e. The molecule has 21 heavy (non-hydrogen) atoms. The third-order valence-corrected chi connectivity index (χ3v) is 3.52. The van der Waals surface area contributed by atoms with Crippen LogP contribution in [0, 0.1) is 5.92 Å². The SMILES string of the molecule is O=CC1C[C@H](C=O)[C@@H](C=O)N1C(=O)OCc1ccccc1. The number of nitrogens with zero attached hydrogens (tertiary/aromatic N) is 1. The lowest BCUT2D eigenvalue weighted by Gasteiger charge is -2.24. The van der Waals surface area contributed by atoms with Gasteiger partial charge in [0.25, 0.3) is 0 Å². The van der Waals surface area contributed by atoms with Crippen LogP contribution >= 0.6 is 0 Å². The van der Waals surface area contributed by atoms with Crippen LogP contribution in [0.4, 0.5) is 4.79 Å². The van der Waals surface area contributed by atoms with Gasteiger partial charge in [-0.25, -0.2) is 4.79 Å².